The highest BCUT2D eigenvalue weighted by Crippen LogP contribution is 2.28. The fraction of sp³-hybridized carbons (Fsp3) is 0.273. The van der Waals surface area contributed by atoms with Gasteiger partial charge in [-0.25, -0.2) is 0 Å². The smallest absolute Gasteiger partial charge is 0.182 e. The summed E-state index contributed by atoms with van der Waals surface area (Å²) in [5.41, 5.74) is 3.79. The van der Waals surface area contributed by atoms with Crippen molar-refractivity contribution in [1.29, 1.82) is 0 Å². The Bertz CT molecular complexity index is 1720. The van der Waals surface area contributed by atoms with Crippen LogP contribution in [0.2, 0.25) is 0 Å². The number of phenols is 1. The zero-order valence-corrected chi connectivity index (χ0v) is 25.4. The summed E-state index contributed by atoms with van der Waals surface area (Å²) in [5, 5.41) is 9.73. The van der Waals surface area contributed by atoms with Crippen molar-refractivity contribution in [2.45, 2.75) is 40.8 Å². The van der Waals surface area contributed by atoms with Crippen molar-refractivity contribution in [2.75, 3.05) is 21.3 Å². The standard InChI is InChI=1S/C17H19NO4.C16H17NO4/c1-11-7-14(19)8-12(2)18(11)10-15(20)13-5-6-16(21-3)17(9-13)22-4;1-10-6-13(18)7-11(2)17(10)9-15(20)12-4-5-16(21-3)14(19)8-12/h5-9H,10H2,1-4H3;4-8,19H,9H2,1-3H3. The molecule has 0 aliphatic heterocycles. The topological polar surface area (TPSA) is 126 Å². The first-order valence-corrected chi connectivity index (χ1v) is 13.4. The maximum Gasteiger partial charge on any atom is 0.182 e. The van der Waals surface area contributed by atoms with Gasteiger partial charge in [-0.1, -0.05) is 0 Å². The molecule has 0 radical (unpaired) electrons. The number of Topliss-reactive ketones (excluding diaryl/α,β-unsaturated/α-hetero) is 2. The van der Waals surface area contributed by atoms with Crippen LogP contribution in [0.5, 0.6) is 23.0 Å². The van der Waals surface area contributed by atoms with Gasteiger partial charge in [0.15, 0.2) is 45.4 Å². The number of pyridine rings is 2. The number of aryl methyl sites for hydroxylation is 4. The second kappa shape index (κ2) is 14.2. The average molecular weight is 589 g/mol. The normalized spacial score (nSPS) is 10.4. The van der Waals surface area contributed by atoms with Gasteiger partial charge in [0, 0.05) is 58.2 Å². The molecule has 0 amide bonds. The number of hydrogen-bond donors (Lipinski definition) is 1. The lowest BCUT2D eigenvalue weighted by Gasteiger charge is -2.14. The number of hydrogen-bond acceptors (Lipinski definition) is 8. The number of carbonyl (C=O) groups excluding carboxylic acids is 2. The van der Waals surface area contributed by atoms with E-state index >= 15 is 0 Å². The summed E-state index contributed by atoms with van der Waals surface area (Å²) in [6, 6.07) is 15.6. The van der Waals surface area contributed by atoms with Crippen LogP contribution in [0.25, 0.3) is 0 Å². The highest BCUT2D eigenvalue weighted by molar-refractivity contribution is 5.97. The summed E-state index contributed by atoms with van der Waals surface area (Å²) in [5.74, 6) is 1.13. The van der Waals surface area contributed by atoms with E-state index in [0.717, 1.165) is 22.8 Å². The molecule has 0 saturated carbocycles. The number of ether oxygens (including phenoxy) is 3. The zero-order valence-electron chi connectivity index (χ0n) is 25.4. The van der Waals surface area contributed by atoms with Crippen LogP contribution in [0.3, 0.4) is 0 Å². The van der Waals surface area contributed by atoms with Crippen LogP contribution in [0.15, 0.2) is 70.3 Å². The molecular formula is C33H36N2O8. The predicted molar refractivity (Wildman–Crippen MR) is 163 cm³/mol. The van der Waals surface area contributed by atoms with Crippen LogP contribution in [0, 0.1) is 27.7 Å². The van der Waals surface area contributed by atoms with Crippen LogP contribution >= 0.6 is 0 Å². The number of carbonyl (C=O) groups is 2. The fourth-order valence-electron chi connectivity index (χ4n) is 4.62. The third kappa shape index (κ3) is 8.00. The van der Waals surface area contributed by atoms with Crippen LogP contribution in [0.4, 0.5) is 0 Å². The van der Waals surface area contributed by atoms with E-state index in [1.54, 1.807) is 55.9 Å². The van der Waals surface area contributed by atoms with E-state index in [1.807, 2.05) is 18.4 Å². The molecule has 0 unspecified atom stereocenters. The number of benzene rings is 2. The lowest BCUT2D eigenvalue weighted by Crippen LogP contribution is -2.18. The van der Waals surface area contributed by atoms with E-state index in [4.69, 9.17) is 14.2 Å². The lowest BCUT2D eigenvalue weighted by atomic mass is 10.1. The van der Waals surface area contributed by atoms with Gasteiger partial charge in [-0.3, -0.25) is 19.2 Å². The van der Waals surface area contributed by atoms with Crippen molar-refractivity contribution in [3.8, 4) is 23.0 Å². The molecule has 43 heavy (non-hydrogen) atoms. The summed E-state index contributed by atoms with van der Waals surface area (Å²) >= 11 is 0. The van der Waals surface area contributed by atoms with Gasteiger partial charge in [-0.2, -0.15) is 0 Å². The van der Waals surface area contributed by atoms with E-state index < -0.39 is 0 Å². The largest absolute Gasteiger partial charge is 0.504 e. The first-order chi connectivity index (χ1) is 20.4. The Morgan fingerprint density at radius 3 is 1.33 bits per heavy atom. The molecular weight excluding hydrogens is 552 g/mol. The third-order valence-electron chi connectivity index (χ3n) is 6.92. The van der Waals surface area contributed by atoms with Crippen molar-refractivity contribution in [1.82, 2.24) is 9.13 Å². The van der Waals surface area contributed by atoms with E-state index in [9.17, 15) is 24.3 Å². The minimum absolute atomic E-state index is 0.0511. The number of aromatic hydroxyl groups is 1. The van der Waals surface area contributed by atoms with Gasteiger partial charge in [-0.15, -0.1) is 0 Å². The summed E-state index contributed by atoms with van der Waals surface area (Å²) < 4.78 is 18.9. The molecule has 2 heterocycles. The Balaban J connectivity index is 0.000000236. The van der Waals surface area contributed by atoms with Crippen molar-refractivity contribution in [3.05, 3.63) is 115 Å². The number of rotatable bonds is 9. The molecule has 226 valence electrons. The van der Waals surface area contributed by atoms with Gasteiger partial charge in [-0.05, 0) is 64.1 Å². The quantitative estimate of drug-likeness (QED) is 0.285. The molecule has 0 saturated heterocycles. The second-order valence-electron chi connectivity index (χ2n) is 9.92. The van der Waals surface area contributed by atoms with E-state index in [1.165, 1.54) is 44.6 Å². The number of nitrogens with zero attached hydrogens (tertiary/aromatic N) is 2. The van der Waals surface area contributed by atoms with Gasteiger partial charge in [0.1, 0.15) is 0 Å². The Labute approximate surface area is 249 Å². The summed E-state index contributed by atoms with van der Waals surface area (Å²) in [6.07, 6.45) is 0. The van der Waals surface area contributed by atoms with Crippen molar-refractivity contribution in [2.24, 2.45) is 0 Å². The van der Waals surface area contributed by atoms with Crippen LogP contribution in [-0.4, -0.2) is 47.1 Å². The van der Waals surface area contributed by atoms with E-state index in [-0.39, 0.29) is 41.3 Å². The number of aromatic nitrogens is 2. The SMILES string of the molecule is COc1ccc(C(=O)Cn2c(C)cc(=O)cc2C)cc1O.COc1ccc(C(=O)Cn2c(C)cc(=O)cc2C)cc1OC. The second-order valence-corrected chi connectivity index (χ2v) is 9.92. The van der Waals surface area contributed by atoms with E-state index in [2.05, 4.69) is 0 Å². The summed E-state index contributed by atoms with van der Waals surface area (Å²) in [7, 11) is 4.53. The molecule has 0 aliphatic rings. The molecule has 0 aliphatic carbocycles. The zero-order chi connectivity index (χ0) is 31.8. The van der Waals surface area contributed by atoms with Crippen molar-refractivity contribution >= 4 is 11.6 Å². The molecule has 0 spiro atoms. The van der Waals surface area contributed by atoms with Crippen LogP contribution < -0.4 is 25.1 Å². The monoisotopic (exact) mass is 588 g/mol. The maximum atomic E-state index is 12.5. The molecule has 0 fully saturated rings. The minimum Gasteiger partial charge on any atom is -0.504 e. The number of ketones is 2. The van der Waals surface area contributed by atoms with Crippen molar-refractivity contribution < 1.29 is 28.9 Å². The molecule has 1 N–H and O–H groups in total. The van der Waals surface area contributed by atoms with Gasteiger partial charge < -0.3 is 28.5 Å². The number of phenolic OH excluding ortho intramolecular Hbond substituents is 1. The molecule has 2 aromatic carbocycles. The minimum atomic E-state index is -0.150. The van der Waals surface area contributed by atoms with Gasteiger partial charge in [0.2, 0.25) is 0 Å². The molecule has 0 atom stereocenters. The first kappa shape index (κ1) is 32.4. The molecule has 10 heteroatoms. The highest BCUT2D eigenvalue weighted by atomic mass is 16.5. The van der Waals surface area contributed by atoms with Gasteiger partial charge in [0.05, 0.1) is 34.4 Å². The van der Waals surface area contributed by atoms with Gasteiger partial charge in [0.25, 0.3) is 0 Å². The van der Waals surface area contributed by atoms with Gasteiger partial charge >= 0.3 is 0 Å². The number of methoxy groups -OCH3 is 3. The Kier molecular flexibility index (Phi) is 10.7. The fourth-order valence-corrected chi connectivity index (χ4v) is 4.62. The summed E-state index contributed by atoms with van der Waals surface area (Å²) in [6.45, 7) is 7.49. The average Bonchev–Trinajstić information content (AvgIpc) is 2.96. The first-order valence-electron chi connectivity index (χ1n) is 13.4. The molecule has 2 aromatic heterocycles. The molecule has 0 bridgehead atoms. The van der Waals surface area contributed by atoms with Crippen molar-refractivity contribution in [3.63, 3.8) is 0 Å². The molecule has 4 aromatic rings. The highest BCUT2D eigenvalue weighted by Gasteiger charge is 2.14. The predicted octanol–water partition coefficient (Wildman–Crippen LogP) is 4.43. The summed E-state index contributed by atoms with van der Waals surface area (Å²) in [4.78, 5) is 47.6. The molecule has 4 rings (SSSR count). The third-order valence-corrected chi connectivity index (χ3v) is 6.92. The maximum absolute atomic E-state index is 12.5. The Morgan fingerprint density at radius 2 is 0.953 bits per heavy atom. The molecule has 10 nitrogen and oxygen atoms in total. The van der Waals surface area contributed by atoms with Crippen LogP contribution in [-0.2, 0) is 13.1 Å². The van der Waals surface area contributed by atoms with Crippen LogP contribution in [0.1, 0.15) is 43.5 Å². The Morgan fingerprint density at radius 1 is 0.581 bits per heavy atom. The van der Waals surface area contributed by atoms with E-state index in [0.29, 0.717) is 28.4 Å². The lowest BCUT2D eigenvalue weighted by molar-refractivity contribution is 0.0962. The Hall–Kier alpha value is -5.12.